The van der Waals surface area contributed by atoms with Gasteiger partial charge in [0.2, 0.25) is 0 Å². The quantitative estimate of drug-likeness (QED) is 0.263. The van der Waals surface area contributed by atoms with E-state index < -0.39 is 0 Å². The lowest BCUT2D eigenvalue weighted by atomic mass is 9.86. The molecule has 1 aromatic carbocycles. The molecule has 0 unspecified atom stereocenters. The smallest absolute Gasteiger partial charge is 0.141 e. The molecule has 5 aromatic rings. The van der Waals surface area contributed by atoms with Gasteiger partial charge in [-0.3, -0.25) is 4.98 Å². The summed E-state index contributed by atoms with van der Waals surface area (Å²) in [5.74, 6) is 0.787. The van der Waals surface area contributed by atoms with Gasteiger partial charge in [-0.2, -0.15) is 0 Å². The highest BCUT2D eigenvalue weighted by Crippen LogP contribution is 2.41. The van der Waals surface area contributed by atoms with Crippen LogP contribution in [0.5, 0.6) is 0 Å². The molecule has 0 spiro atoms. The molecular weight excluding hydrogens is 467 g/mol. The highest BCUT2D eigenvalue weighted by Gasteiger charge is 2.30. The maximum absolute atomic E-state index is 13.9. The zero-order valence-corrected chi connectivity index (χ0v) is 20.2. The molecule has 0 amide bonds. The first-order valence-electron chi connectivity index (χ1n) is 11.7. The number of nitrogens with zero attached hydrogens (tertiary/aromatic N) is 4. The summed E-state index contributed by atoms with van der Waals surface area (Å²) in [6.07, 6.45) is 5.44. The molecule has 0 aliphatic carbocycles. The number of fused-ring (bicyclic) bond motifs is 3. The topological polar surface area (TPSA) is 66.0 Å². The summed E-state index contributed by atoms with van der Waals surface area (Å²) in [6, 6.07) is 10.8. The Balaban J connectivity index is 1.67. The average Bonchev–Trinajstić information content (AvgIpc) is 3.36. The third kappa shape index (κ3) is 3.79. The normalized spacial score (nSPS) is 15.8. The zero-order chi connectivity index (χ0) is 24.1. The summed E-state index contributed by atoms with van der Waals surface area (Å²) in [4.78, 5) is 9.22. The molecule has 4 aromatic heterocycles. The van der Waals surface area contributed by atoms with Crippen LogP contribution in [0.1, 0.15) is 35.9 Å². The monoisotopic (exact) mass is 490 g/mol. The van der Waals surface area contributed by atoms with E-state index in [0.29, 0.717) is 24.3 Å². The fourth-order valence-electron chi connectivity index (χ4n) is 5.43. The van der Waals surface area contributed by atoms with Gasteiger partial charge in [0.25, 0.3) is 0 Å². The van der Waals surface area contributed by atoms with Crippen LogP contribution in [-0.4, -0.2) is 32.9 Å². The number of ether oxygens (including phenoxy) is 1. The molecule has 1 fully saturated rings. The van der Waals surface area contributed by atoms with Crippen molar-refractivity contribution in [3.05, 3.63) is 76.8 Å². The van der Waals surface area contributed by atoms with Gasteiger partial charge in [-0.1, -0.05) is 28.9 Å². The summed E-state index contributed by atoms with van der Waals surface area (Å²) < 4.78 is 27.3. The molecule has 1 aliphatic rings. The van der Waals surface area contributed by atoms with E-state index in [0.717, 1.165) is 62.9 Å². The van der Waals surface area contributed by atoms with Gasteiger partial charge in [0.15, 0.2) is 0 Å². The van der Waals surface area contributed by atoms with Crippen molar-refractivity contribution in [2.24, 2.45) is 5.92 Å². The van der Waals surface area contributed by atoms with Crippen LogP contribution in [0.3, 0.4) is 0 Å². The van der Waals surface area contributed by atoms with E-state index in [1.54, 1.807) is 6.20 Å². The van der Waals surface area contributed by atoms with Gasteiger partial charge in [-0.25, -0.2) is 9.37 Å². The largest absolute Gasteiger partial charge is 0.381 e. The molecule has 1 saturated heterocycles. The van der Waals surface area contributed by atoms with Crippen molar-refractivity contribution in [1.82, 2.24) is 19.7 Å². The van der Waals surface area contributed by atoms with E-state index in [2.05, 4.69) is 20.8 Å². The number of pyridine rings is 2. The molecule has 5 heterocycles. The maximum atomic E-state index is 13.9. The summed E-state index contributed by atoms with van der Waals surface area (Å²) in [5.41, 5.74) is 6.48. The fraction of sp³-hybridized carbons (Fsp3) is 0.296. The Morgan fingerprint density at radius 2 is 1.80 bits per heavy atom. The summed E-state index contributed by atoms with van der Waals surface area (Å²) in [7, 11) is 0. The zero-order valence-electron chi connectivity index (χ0n) is 19.5. The van der Waals surface area contributed by atoms with Crippen molar-refractivity contribution >= 4 is 33.5 Å². The number of halogens is 2. The molecule has 8 heteroatoms. The van der Waals surface area contributed by atoms with Gasteiger partial charge in [0.05, 0.1) is 28.3 Å². The molecule has 0 radical (unpaired) electrons. The van der Waals surface area contributed by atoms with Crippen LogP contribution >= 0.6 is 11.6 Å². The molecule has 1 aliphatic heterocycles. The fourth-order valence-corrected chi connectivity index (χ4v) is 5.58. The van der Waals surface area contributed by atoms with Crippen LogP contribution in [0.4, 0.5) is 4.39 Å². The first-order valence-corrected chi connectivity index (χ1v) is 12.1. The minimum absolute atomic E-state index is 0.0558. The third-order valence-electron chi connectivity index (χ3n) is 7.01. The average molecular weight is 491 g/mol. The summed E-state index contributed by atoms with van der Waals surface area (Å²) in [6.45, 7) is 5.23. The number of hydrogen-bond acceptors (Lipinski definition) is 5. The van der Waals surface area contributed by atoms with E-state index in [-0.39, 0.29) is 11.9 Å². The number of aromatic nitrogens is 4. The Morgan fingerprint density at radius 1 is 1.03 bits per heavy atom. The molecule has 1 atom stereocenters. The highest BCUT2D eigenvalue weighted by molar-refractivity contribution is 6.30. The maximum Gasteiger partial charge on any atom is 0.141 e. The molecule has 6 nitrogen and oxygen atoms in total. The van der Waals surface area contributed by atoms with E-state index >= 15 is 0 Å². The first-order chi connectivity index (χ1) is 17.0. The third-order valence-corrected chi connectivity index (χ3v) is 7.22. The van der Waals surface area contributed by atoms with Crippen molar-refractivity contribution in [1.29, 1.82) is 0 Å². The van der Waals surface area contributed by atoms with Crippen LogP contribution in [0, 0.1) is 25.6 Å². The van der Waals surface area contributed by atoms with Gasteiger partial charge >= 0.3 is 0 Å². The molecule has 0 saturated carbocycles. The second-order valence-electron chi connectivity index (χ2n) is 9.13. The Kier molecular flexibility index (Phi) is 5.54. The van der Waals surface area contributed by atoms with Crippen molar-refractivity contribution in [3.63, 3.8) is 0 Å². The van der Waals surface area contributed by atoms with Crippen LogP contribution in [-0.2, 0) is 4.74 Å². The first kappa shape index (κ1) is 22.2. The minimum Gasteiger partial charge on any atom is -0.381 e. The molecule has 178 valence electrons. The van der Waals surface area contributed by atoms with Crippen LogP contribution in [0.2, 0.25) is 5.15 Å². The van der Waals surface area contributed by atoms with Crippen molar-refractivity contribution in [3.8, 4) is 11.1 Å². The molecule has 35 heavy (non-hydrogen) atoms. The number of rotatable bonds is 4. The predicted molar refractivity (Wildman–Crippen MR) is 133 cm³/mol. The number of aryl methyl sites for hydroxylation is 2. The lowest BCUT2D eigenvalue weighted by Gasteiger charge is -2.33. The van der Waals surface area contributed by atoms with Gasteiger partial charge < -0.3 is 13.8 Å². The Bertz CT molecular complexity index is 1520. The molecule has 6 rings (SSSR count). The highest BCUT2D eigenvalue weighted by atomic mass is 35.5. The molecule has 0 bridgehead atoms. The summed E-state index contributed by atoms with van der Waals surface area (Å²) in [5, 5.41) is 5.47. The van der Waals surface area contributed by atoms with E-state index in [4.69, 9.17) is 25.8 Å². The molecule has 0 N–H and O–H groups in total. The predicted octanol–water partition coefficient (Wildman–Crippen LogP) is 6.66. The summed E-state index contributed by atoms with van der Waals surface area (Å²) >= 11 is 6.39. The van der Waals surface area contributed by atoms with E-state index in [9.17, 15) is 4.39 Å². The lowest BCUT2D eigenvalue weighted by Crippen LogP contribution is -2.27. The molecular formula is C27H24ClFN4O2. The second-order valence-corrected chi connectivity index (χ2v) is 9.52. The van der Waals surface area contributed by atoms with Crippen molar-refractivity contribution in [2.45, 2.75) is 32.7 Å². The van der Waals surface area contributed by atoms with Gasteiger partial charge in [-0.05, 0) is 62.4 Å². The minimum atomic E-state index is -0.253. The number of benzene rings is 1. The van der Waals surface area contributed by atoms with Gasteiger partial charge in [0.1, 0.15) is 16.7 Å². The van der Waals surface area contributed by atoms with E-state index in [1.807, 2.05) is 38.2 Å². The SMILES string of the molecule is Cc1noc(C)c1-c1cnc2c3cnc(Cl)cc3n([C@@H](c3ccc(F)cc3)C3CCOCC3)c2c1. The standard InChI is InChI=1S/C27H24ClFN4O2/c1-15-25(16(2)35-32-15)19-11-23-26(31-13-19)21-14-30-24(28)12-22(21)33(23)27(18-7-9-34-10-8-18)17-3-5-20(29)6-4-17/h3-6,11-14,18,27H,7-10H2,1-2H3/t27-/m0/s1. The van der Waals surface area contributed by atoms with Crippen LogP contribution in [0.15, 0.2) is 53.3 Å². The Morgan fingerprint density at radius 3 is 2.51 bits per heavy atom. The Hall–Kier alpha value is -3.29. The second kappa shape index (κ2) is 8.73. The number of hydrogen-bond donors (Lipinski definition) is 0. The van der Waals surface area contributed by atoms with Crippen LogP contribution in [0.25, 0.3) is 33.1 Å². The van der Waals surface area contributed by atoms with E-state index in [1.165, 1.54) is 12.1 Å². The van der Waals surface area contributed by atoms with Gasteiger partial charge in [-0.15, -0.1) is 0 Å². The van der Waals surface area contributed by atoms with Gasteiger partial charge in [0, 0.05) is 42.1 Å². The van der Waals surface area contributed by atoms with Crippen molar-refractivity contribution in [2.75, 3.05) is 13.2 Å². The Labute approximate surface area is 206 Å². The van der Waals surface area contributed by atoms with Crippen LogP contribution < -0.4 is 0 Å². The van der Waals surface area contributed by atoms with Crippen molar-refractivity contribution < 1.29 is 13.7 Å². The lowest BCUT2D eigenvalue weighted by molar-refractivity contribution is 0.0552.